The number of nitrogens with one attached hydrogen (secondary N) is 1. The number of rotatable bonds is 3. The van der Waals surface area contributed by atoms with Gasteiger partial charge in [0.05, 0.1) is 18.1 Å². The number of nitrogens with zero attached hydrogens (tertiary/aromatic N) is 3. The van der Waals surface area contributed by atoms with E-state index < -0.39 is 11.7 Å². The molecule has 0 bridgehead atoms. The number of anilines is 1. The summed E-state index contributed by atoms with van der Waals surface area (Å²) in [6.45, 7) is 4.66. The number of hydrogen-bond donors (Lipinski definition) is 1. The van der Waals surface area contributed by atoms with E-state index in [-0.39, 0.29) is 11.5 Å². The van der Waals surface area contributed by atoms with E-state index in [1.807, 2.05) is 19.1 Å². The Hall–Kier alpha value is -3.55. The predicted octanol–water partition coefficient (Wildman–Crippen LogP) is 3.32. The number of aromatic nitrogens is 3. The lowest BCUT2D eigenvalue weighted by atomic mass is 10.0. The molecule has 28 heavy (non-hydrogen) atoms. The highest BCUT2D eigenvalue weighted by atomic mass is 19.1. The molecule has 0 atom stereocenters. The van der Waals surface area contributed by atoms with Crippen LogP contribution >= 0.6 is 0 Å². The fourth-order valence-corrected chi connectivity index (χ4v) is 2.87. The van der Waals surface area contributed by atoms with Crippen LogP contribution in [-0.4, -0.2) is 34.1 Å². The molecule has 1 amide bonds. The minimum atomic E-state index is -0.686. The summed E-state index contributed by atoms with van der Waals surface area (Å²) in [5, 5.41) is 2.50. The lowest BCUT2D eigenvalue weighted by Crippen LogP contribution is -2.17. The molecule has 8 heteroatoms. The van der Waals surface area contributed by atoms with E-state index in [1.165, 1.54) is 24.7 Å². The highest BCUT2D eigenvalue weighted by Crippen LogP contribution is 2.36. The number of benzene rings is 1. The third-order valence-corrected chi connectivity index (χ3v) is 4.25. The number of pyridine rings is 1. The minimum Gasteiger partial charge on any atom is -0.486 e. The number of amides is 1. The Morgan fingerprint density at radius 3 is 2.43 bits per heavy atom. The Balaban J connectivity index is 1.55. The van der Waals surface area contributed by atoms with Crippen molar-refractivity contribution in [2.24, 2.45) is 0 Å². The van der Waals surface area contributed by atoms with E-state index in [0.717, 1.165) is 11.1 Å². The van der Waals surface area contributed by atoms with E-state index in [2.05, 4.69) is 20.3 Å². The second-order valence-electron chi connectivity index (χ2n) is 6.39. The second kappa shape index (κ2) is 7.22. The zero-order chi connectivity index (χ0) is 19.7. The number of halogens is 1. The minimum absolute atomic E-state index is 0.200. The maximum atomic E-state index is 13.9. The van der Waals surface area contributed by atoms with Gasteiger partial charge in [-0.15, -0.1) is 0 Å². The average molecular weight is 380 g/mol. The van der Waals surface area contributed by atoms with Gasteiger partial charge in [0.25, 0.3) is 5.91 Å². The number of fused-ring (bicyclic) bond motifs is 1. The first-order valence-corrected chi connectivity index (χ1v) is 8.67. The summed E-state index contributed by atoms with van der Waals surface area (Å²) in [6.07, 6.45) is 4.37. The summed E-state index contributed by atoms with van der Waals surface area (Å²) >= 11 is 0. The molecule has 0 radical (unpaired) electrons. The Morgan fingerprint density at radius 2 is 1.75 bits per heavy atom. The van der Waals surface area contributed by atoms with Gasteiger partial charge in [0, 0.05) is 11.8 Å². The number of carbonyl (C=O) groups excluding carboxylic acids is 1. The van der Waals surface area contributed by atoms with Gasteiger partial charge in [0.15, 0.2) is 28.8 Å². The quantitative estimate of drug-likeness (QED) is 0.750. The van der Waals surface area contributed by atoms with Crippen molar-refractivity contribution in [3.8, 4) is 22.8 Å². The molecular weight excluding hydrogens is 363 g/mol. The maximum Gasteiger partial charge on any atom is 0.278 e. The van der Waals surface area contributed by atoms with Gasteiger partial charge in [-0.3, -0.25) is 9.78 Å². The van der Waals surface area contributed by atoms with Crippen LogP contribution in [-0.2, 0) is 0 Å². The van der Waals surface area contributed by atoms with Gasteiger partial charge < -0.3 is 14.8 Å². The second-order valence-corrected chi connectivity index (χ2v) is 6.39. The fraction of sp³-hybridized carbons (Fsp3) is 0.200. The van der Waals surface area contributed by atoms with Crippen LogP contribution in [0.4, 0.5) is 10.2 Å². The Labute approximate surface area is 160 Å². The summed E-state index contributed by atoms with van der Waals surface area (Å²) < 4.78 is 25.1. The molecule has 3 aromatic rings. The van der Waals surface area contributed by atoms with Gasteiger partial charge in [0.2, 0.25) is 0 Å². The maximum absolute atomic E-state index is 13.9. The third-order valence-electron chi connectivity index (χ3n) is 4.25. The summed E-state index contributed by atoms with van der Waals surface area (Å²) in [5.74, 6) is 0.193. The molecule has 0 fully saturated rings. The van der Waals surface area contributed by atoms with Crippen molar-refractivity contribution >= 4 is 11.7 Å². The van der Waals surface area contributed by atoms with E-state index in [1.54, 1.807) is 6.92 Å². The van der Waals surface area contributed by atoms with E-state index in [0.29, 0.717) is 36.0 Å². The first kappa shape index (κ1) is 17.8. The predicted molar refractivity (Wildman–Crippen MR) is 100 cm³/mol. The molecule has 1 aromatic carbocycles. The summed E-state index contributed by atoms with van der Waals surface area (Å²) in [5.41, 5.74) is 2.77. The molecule has 3 heterocycles. The number of carbonyl (C=O) groups is 1. The van der Waals surface area contributed by atoms with E-state index in [4.69, 9.17) is 9.47 Å². The van der Waals surface area contributed by atoms with Gasteiger partial charge >= 0.3 is 0 Å². The molecule has 1 aliphatic heterocycles. The normalized spacial score (nSPS) is 12.5. The molecule has 7 nitrogen and oxygen atoms in total. The largest absolute Gasteiger partial charge is 0.486 e. The molecule has 4 rings (SSSR count). The van der Waals surface area contributed by atoms with Crippen LogP contribution in [0.5, 0.6) is 11.5 Å². The van der Waals surface area contributed by atoms with Crippen LogP contribution in [0.25, 0.3) is 11.3 Å². The van der Waals surface area contributed by atoms with Crippen molar-refractivity contribution in [2.45, 2.75) is 13.8 Å². The molecule has 1 aliphatic rings. The highest BCUT2D eigenvalue weighted by molar-refractivity contribution is 6.02. The Bertz CT molecular complexity index is 1050. The van der Waals surface area contributed by atoms with E-state index >= 15 is 0 Å². The summed E-state index contributed by atoms with van der Waals surface area (Å²) in [6, 6.07) is 5.01. The molecule has 142 valence electrons. The van der Waals surface area contributed by atoms with Gasteiger partial charge in [0.1, 0.15) is 13.2 Å². The van der Waals surface area contributed by atoms with Crippen LogP contribution in [0.15, 0.2) is 36.8 Å². The van der Waals surface area contributed by atoms with Gasteiger partial charge in [-0.05, 0) is 43.2 Å². The fourth-order valence-electron chi connectivity index (χ4n) is 2.87. The average Bonchev–Trinajstić information content (AvgIpc) is 2.68. The third kappa shape index (κ3) is 3.48. The Kier molecular flexibility index (Phi) is 4.60. The Morgan fingerprint density at radius 1 is 1.00 bits per heavy atom. The molecule has 0 saturated carbocycles. The van der Waals surface area contributed by atoms with Crippen molar-refractivity contribution in [3.05, 3.63) is 59.4 Å². The molecule has 1 N–H and O–H groups in total. The first-order chi connectivity index (χ1) is 13.5. The van der Waals surface area contributed by atoms with Crippen molar-refractivity contribution in [3.63, 3.8) is 0 Å². The van der Waals surface area contributed by atoms with Crippen LogP contribution in [0.1, 0.15) is 21.6 Å². The van der Waals surface area contributed by atoms with Crippen LogP contribution in [0, 0.1) is 19.7 Å². The van der Waals surface area contributed by atoms with Gasteiger partial charge in [-0.1, -0.05) is 0 Å². The SMILES string of the molecule is Cc1cnc(C(=O)Nc2cnc(-c3cc4c(cc3C)OCCO4)cn2)c(F)c1. The van der Waals surface area contributed by atoms with Crippen LogP contribution in [0.3, 0.4) is 0 Å². The topological polar surface area (TPSA) is 86.2 Å². The lowest BCUT2D eigenvalue weighted by Gasteiger charge is -2.20. The molecular formula is C20H17FN4O3. The standard InChI is InChI=1S/C20H17FN4O3/c1-11-5-14(21)19(24-8-11)20(26)25-18-10-22-15(9-23-18)13-7-17-16(6-12(13)2)27-3-4-28-17/h5-10H,3-4H2,1-2H3,(H,23,25,26). The lowest BCUT2D eigenvalue weighted by molar-refractivity contribution is 0.101. The van der Waals surface area contributed by atoms with Crippen molar-refractivity contribution < 1.29 is 18.7 Å². The molecule has 0 spiro atoms. The molecule has 0 saturated heterocycles. The zero-order valence-electron chi connectivity index (χ0n) is 15.3. The van der Waals surface area contributed by atoms with Crippen LogP contribution in [0.2, 0.25) is 0 Å². The highest BCUT2D eigenvalue weighted by Gasteiger charge is 2.17. The smallest absolute Gasteiger partial charge is 0.278 e. The zero-order valence-corrected chi connectivity index (χ0v) is 15.3. The number of aryl methyl sites for hydroxylation is 2. The van der Waals surface area contributed by atoms with Gasteiger partial charge in [-0.25, -0.2) is 14.4 Å². The van der Waals surface area contributed by atoms with Crippen molar-refractivity contribution in [2.75, 3.05) is 18.5 Å². The summed E-state index contributed by atoms with van der Waals surface area (Å²) in [4.78, 5) is 24.6. The van der Waals surface area contributed by atoms with E-state index in [9.17, 15) is 9.18 Å². The molecule has 2 aromatic heterocycles. The monoisotopic (exact) mass is 380 g/mol. The first-order valence-electron chi connectivity index (χ1n) is 8.67. The number of hydrogen-bond acceptors (Lipinski definition) is 6. The molecule has 0 unspecified atom stereocenters. The van der Waals surface area contributed by atoms with Gasteiger partial charge in [-0.2, -0.15) is 0 Å². The van der Waals surface area contributed by atoms with Crippen molar-refractivity contribution in [1.82, 2.24) is 15.0 Å². The molecule has 0 aliphatic carbocycles. The van der Waals surface area contributed by atoms with Crippen molar-refractivity contribution in [1.29, 1.82) is 0 Å². The number of ether oxygens (including phenoxy) is 2. The summed E-state index contributed by atoms with van der Waals surface area (Å²) in [7, 11) is 0. The van der Waals surface area contributed by atoms with Crippen LogP contribution < -0.4 is 14.8 Å².